The molecule has 4 heteroatoms. The van der Waals surface area contributed by atoms with Gasteiger partial charge in [-0.15, -0.1) is 0 Å². The van der Waals surface area contributed by atoms with Crippen LogP contribution in [0.15, 0.2) is 12.4 Å². The minimum Gasteiger partial charge on any atom is -0.354 e. The van der Waals surface area contributed by atoms with Gasteiger partial charge in [-0.3, -0.25) is 4.98 Å². The zero-order chi connectivity index (χ0) is 11.4. The van der Waals surface area contributed by atoms with Gasteiger partial charge in [0.25, 0.3) is 0 Å². The quantitative estimate of drug-likeness (QED) is 0.832. The summed E-state index contributed by atoms with van der Waals surface area (Å²) in [5, 5.41) is 3.52. The number of hydrogen-bond acceptors (Lipinski definition) is 4. The molecule has 0 aromatic carbocycles. The van der Waals surface area contributed by atoms with Gasteiger partial charge in [-0.05, 0) is 33.2 Å². The van der Waals surface area contributed by atoms with Crippen molar-refractivity contribution >= 4 is 5.82 Å². The van der Waals surface area contributed by atoms with E-state index in [1.807, 2.05) is 6.92 Å². The van der Waals surface area contributed by atoms with Crippen LogP contribution in [0.1, 0.15) is 25.5 Å². The fourth-order valence-electron chi connectivity index (χ4n) is 2.25. The summed E-state index contributed by atoms with van der Waals surface area (Å²) in [4.78, 5) is 11.0. The van der Waals surface area contributed by atoms with E-state index in [4.69, 9.17) is 0 Å². The first-order valence-corrected chi connectivity index (χ1v) is 6.07. The molecule has 0 amide bonds. The summed E-state index contributed by atoms with van der Waals surface area (Å²) < 4.78 is 0. The van der Waals surface area contributed by atoms with Gasteiger partial charge >= 0.3 is 0 Å². The summed E-state index contributed by atoms with van der Waals surface area (Å²) in [6.45, 7) is 7.37. The average molecular weight is 220 g/mol. The number of aryl methyl sites for hydroxylation is 1. The van der Waals surface area contributed by atoms with Crippen LogP contribution in [-0.2, 0) is 0 Å². The van der Waals surface area contributed by atoms with Crippen molar-refractivity contribution < 1.29 is 0 Å². The van der Waals surface area contributed by atoms with Gasteiger partial charge in [0.2, 0.25) is 0 Å². The van der Waals surface area contributed by atoms with Crippen molar-refractivity contribution in [1.29, 1.82) is 0 Å². The first-order chi connectivity index (χ1) is 7.81. The lowest BCUT2D eigenvalue weighted by Gasteiger charge is -2.26. The summed E-state index contributed by atoms with van der Waals surface area (Å²) in [5.74, 6) is 1.03. The third-order valence-corrected chi connectivity index (χ3v) is 3.14. The van der Waals surface area contributed by atoms with Crippen LogP contribution < -0.4 is 10.2 Å². The second-order valence-corrected chi connectivity index (χ2v) is 4.30. The summed E-state index contributed by atoms with van der Waals surface area (Å²) >= 11 is 0. The molecule has 2 heterocycles. The Morgan fingerprint density at radius 2 is 2.25 bits per heavy atom. The molecule has 1 N–H and O–H groups in total. The van der Waals surface area contributed by atoms with E-state index < -0.39 is 0 Å². The molecule has 16 heavy (non-hydrogen) atoms. The zero-order valence-corrected chi connectivity index (χ0v) is 10.1. The largest absolute Gasteiger partial charge is 0.354 e. The van der Waals surface area contributed by atoms with Crippen LogP contribution in [0, 0.1) is 6.92 Å². The first-order valence-electron chi connectivity index (χ1n) is 6.07. The lowest BCUT2D eigenvalue weighted by molar-refractivity contribution is 0.582. The van der Waals surface area contributed by atoms with Crippen LogP contribution in [0.25, 0.3) is 0 Å². The number of likely N-dealkylation sites (N-methyl/N-ethyl adjacent to an activating group) is 1. The second-order valence-electron chi connectivity index (χ2n) is 4.30. The van der Waals surface area contributed by atoms with Crippen LogP contribution in [0.5, 0.6) is 0 Å². The van der Waals surface area contributed by atoms with Gasteiger partial charge in [0.15, 0.2) is 0 Å². The predicted octanol–water partition coefficient (Wildman–Crippen LogP) is 1.36. The lowest BCUT2D eigenvalue weighted by atomic mass is 10.2. The third-order valence-electron chi connectivity index (χ3n) is 3.14. The SMILES string of the molecule is CCN(CC1CCCN1)c1nccnc1C. The number of rotatable bonds is 4. The maximum atomic E-state index is 4.43. The van der Waals surface area contributed by atoms with E-state index in [1.165, 1.54) is 12.8 Å². The van der Waals surface area contributed by atoms with Crippen LogP contribution >= 0.6 is 0 Å². The van der Waals surface area contributed by atoms with E-state index >= 15 is 0 Å². The maximum absolute atomic E-state index is 4.43. The van der Waals surface area contributed by atoms with Crippen LogP contribution in [0.3, 0.4) is 0 Å². The molecule has 1 unspecified atom stereocenters. The highest BCUT2D eigenvalue weighted by Gasteiger charge is 2.18. The fraction of sp³-hybridized carbons (Fsp3) is 0.667. The fourth-order valence-corrected chi connectivity index (χ4v) is 2.25. The molecular weight excluding hydrogens is 200 g/mol. The Morgan fingerprint density at radius 3 is 2.88 bits per heavy atom. The van der Waals surface area contributed by atoms with E-state index in [0.29, 0.717) is 6.04 Å². The van der Waals surface area contributed by atoms with Crippen molar-refractivity contribution in [1.82, 2.24) is 15.3 Å². The summed E-state index contributed by atoms with van der Waals surface area (Å²) in [6, 6.07) is 0.612. The van der Waals surface area contributed by atoms with E-state index in [-0.39, 0.29) is 0 Å². The van der Waals surface area contributed by atoms with Gasteiger partial charge in [-0.2, -0.15) is 0 Å². The molecule has 0 bridgehead atoms. The molecular formula is C12H20N4. The van der Waals surface area contributed by atoms with Crippen molar-refractivity contribution in [2.75, 3.05) is 24.5 Å². The van der Waals surface area contributed by atoms with Crippen molar-refractivity contribution in [3.63, 3.8) is 0 Å². The molecule has 1 atom stereocenters. The number of anilines is 1. The molecule has 2 rings (SSSR count). The summed E-state index contributed by atoms with van der Waals surface area (Å²) in [7, 11) is 0. The van der Waals surface area contributed by atoms with Gasteiger partial charge < -0.3 is 10.2 Å². The van der Waals surface area contributed by atoms with Crippen molar-refractivity contribution in [2.45, 2.75) is 32.7 Å². The molecule has 1 aromatic heterocycles. The number of nitrogens with one attached hydrogen (secondary N) is 1. The van der Waals surface area contributed by atoms with Crippen molar-refractivity contribution in [2.24, 2.45) is 0 Å². The Labute approximate surface area is 97.1 Å². The van der Waals surface area contributed by atoms with Crippen LogP contribution in [0.4, 0.5) is 5.82 Å². The van der Waals surface area contributed by atoms with Gasteiger partial charge in [-0.1, -0.05) is 0 Å². The van der Waals surface area contributed by atoms with Crippen molar-refractivity contribution in [3.8, 4) is 0 Å². The van der Waals surface area contributed by atoms with Gasteiger partial charge in [0.1, 0.15) is 5.82 Å². The molecule has 1 aromatic rings. The van der Waals surface area contributed by atoms with Gasteiger partial charge in [0.05, 0.1) is 5.69 Å². The molecule has 0 radical (unpaired) electrons. The van der Waals surface area contributed by atoms with E-state index in [1.54, 1.807) is 12.4 Å². The van der Waals surface area contributed by atoms with E-state index in [9.17, 15) is 0 Å². The van der Waals surface area contributed by atoms with Gasteiger partial charge in [0, 0.05) is 31.5 Å². The molecule has 1 aliphatic rings. The topological polar surface area (TPSA) is 41.0 Å². The smallest absolute Gasteiger partial charge is 0.150 e. The minimum absolute atomic E-state index is 0.612. The van der Waals surface area contributed by atoms with Crippen LogP contribution in [-0.4, -0.2) is 35.6 Å². The average Bonchev–Trinajstić information content (AvgIpc) is 2.80. The molecule has 0 spiro atoms. The normalized spacial score (nSPS) is 20.0. The maximum Gasteiger partial charge on any atom is 0.150 e. The Kier molecular flexibility index (Phi) is 3.72. The molecule has 1 fully saturated rings. The predicted molar refractivity (Wildman–Crippen MR) is 65.7 cm³/mol. The second kappa shape index (κ2) is 5.25. The Bertz CT molecular complexity index is 334. The molecule has 1 aliphatic heterocycles. The number of aromatic nitrogens is 2. The summed E-state index contributed by atoms with van der Waals surface area (Å²) in [6.07, 6.45) is 6.09. The molecule has 0 saturated carbocycles. The Morgan fingerprint density at radius 1 is 1.44 bits per heavy atom. The van der Waals surface area contributed by atoms with Gasteiger partial charge in [-0.25, -0.2) is 4.98 Å². The highest BCUT2D eigenvalue weighted by atomic mass is 15.2. The molecule has 0 aliphatic carbocycles. The monoisotopic (exact) mass is 220 g/mol. The molecule has 88 valence electrons. The molecule has 4 nitrogen and oxygen atoms in total. The lowest BCUT2D eigenvalue weighted by Crippen LogP contribution is -2.38. The highest BCUT2D eigenvalue weighted by Crippen LogP contribution is 2.16. The highest BCUT2D eigenvalue weighted by molar-refractivity contribution is 5.42. The standard InChI is InChI=1S/C12H20N4/c1-3-16(9-11-5-4-6-14-11)12-10(2)13-7-8-15-12/h7-8,11,14H,3-6,9H2,1-2H3. The van der Waals surface area contributed by atoms with Crippen LogP contribution in [0.2, 0.25) is 0 Å². The van der Waals surface area contributed by atoms with E-state index in [2.05, 4.69) is 27.1 Å². The van der Waals surface area contributed by atoms with E-state index in [0.717, 1.165) is 31.1 Å². The third kappa shape index (κ3) is 2.50. The minimum atomic E-state index is 0.612. The first kappa shape index (κ1) is 11.3. The summed E-state index contributed by atoms with van der Waals surface area (Å²) in [5.41, 5.74) is 1.02. The van der Waals surface area contributed by atoms with Crippen molar-refractivity contribution in [3.05, 3.63) is 18.1 Å². The Hall–Kier alpha value is -1.16. The number of nitrogens with zero attached hydrogens (tertiary/aromatic N) is 3. The Balaban J connectivity index is 2.06. The zero-order valence-electron chi connectivity index (χ0n) is 10.1. The number of hydrogen-bond donors (Lipinski definition) is 1. The molecule has 1 saturated heterocycles.